The zero-order chi connectivity index (χ0) is 22.3. The highest BCUT2D eigenvalue weighted by Gasteiger charge is 2.21. The number of hydrogen-bond acceptors (Lipinski definition) is 3. The third-order valence-electron chi connectivity index (χ3n) is 5.84. The van der Waals surface area contributed by atoms with Crippen LogP contribution in [-0.2, 0) is 6.54 Å². The molecule has 1 N–H and O–H groups in total. The van der Waals surface area contributed by atoms with Gasteiger partial charge in [-0.15, -0.1) is 0 Å². The largest absolute Gasteiger partial charge is 0.313 e. The van der Waals surface area contributed by atoms with E-state index in [1.165, 1.54) is 12.1 Å². The Balaban J connectivity index is 1.75. The number of carbonyl (C=O) groups excluding carboxylic acids is 1. The van der Waals surface area contributed by atoms with E-state index in [1.54, 1.807) is 30.6 Å². The molecule has 32 heavy (non-hydrogen) atoms. The second-order valence-electron chi connectivity index (χ2n) is 8.10. The van der Waals surface area contributed by atoms with E-state index in [-0.39, 0.29) is 5.91 Å². The van der Waals surface area contributed by atoms with Gasteiger partial charge in [0.2, 0.25) is 0 Å². The maximum atomic E-state index is 14.4. The van der Waals surface area contributed by atoms with Crippen molar-refractivity contribution in [3.05, 3.63) is 83.7 Å². The third kappa shape index (κ3) is 5.19. The van der Waals surface area contributed by atoms with Crippen molar-refractivity contribution < 1.29 is 13.6 Å². The van der Waals surface area contributed by atoms with Crippen LogP contribution in [0.4, 0.5) is 14.5 Å². The Bertz CT molecular complexity index is 1070. The highest BCUT2D eigenvalue weighted by molar-refractivity contribution is 6.06. The van der Waals surface area contributed by atoms with Crippen molar-refractivity contribution in [3.8, 4) is 11.1 Å². The van der Waals surface area contributed by atoms with Crippen molar-refractivity contribution in [2.24, 2.45) is 0 Å². The van der Waals surface area contributed by atoms with Gasteiger partial charge in [0.05, 0.1) is 0 Å². The minimum atomic E-state index is -0.603. The normalized spacial score (nSPS) is 15.4. The highest BCUT2D eigenvalue weighted by Crippen LogP contribution is 2.31. The number of fused-ring (bicyclic) bond motifs is 1. The van der Waals surface area contributed by atoms with E-state index in [1.807, 2.05) is 17.0 Å². The van der Waals surface area contributed by atoms with Gasteiger partial charge in [0.1, 0.15) is 11.6 Å². The van der Waals surface area contributed by atoms with Crippen LogP contribution in [0.5, 0.6) is 0 Å². The third-order valence-corrected chi connectivity index (χ3v) is 5.84. The monoisotopic (exact) mass is 435 g/mol. The van der Waals surface area contributed by atoms with Gasteiger partial charge in [-0.2, -0.15) is 0 Å². The Morgan fingerprint density at radius 2 is 1.69 bits per heavy atom. The van der Waals surface area contributed by atoms with Gasteiger partial charge in [-0.3, -0.25) is 9.78 Å². The van der Waals surface area contributed by atoms with E-state index in [2.05, 4.69) is 10.3 Å². The Morgan fingerprint density at radius 3 is 2.50 bits per heavy atom. The van der Waals surface area contributed by atoms with Gasteiger partial charge in [0.25, 0.3) is 5.91 Å². The van der Waals surface area contributed by atoms with Gasteiger partial charge in [-0.1, -0.05) is 25.3 Å². The van der Waals surface area contributed by atoms with Gasteiger partial charge in [0.15, 0.2) is 0 Å². The molecule has 1 aromatic heterocycles. The fraction of sp³-hybridized carbons (Fsp3) is 0.308. The van der Waals surface area contributed by atoms with Crippen molar-refractivity contribution in [2.45, 2.75) is 38.6 Å². The molecule has 4 rings (SSSR count). The summed E-state index contributed by atoms with van der Waals surface area (Å²) in [6, 6.07) is 12.6. The minimum Gasteiger partial charge on any atom is -0.313 e. The summed E-state index contributed by atoms with van der Waals surface area (Å²) < 4.78 is 27.8. The number of aromatic nitrogens is 1. The zero-order valence-electron chi connectivity index (χ0n) is 18.0. The molecule has 1 amide bonds. The molecule has 0 spiro atoms. The quantitative estimate of drug-likeness (QED) is 0.559. The molecule has 0 fully saturated rings. The van der Waals surface area contributed by atoms with Gasteiger partial charge >= 0.3 is 0 Å². The predicted octanol–water partition coefficient (Wildman–Crippen LogP) is 5.73. The van der Waals surface area contributed by atoms with E-state index < -0.39 is 11.6 Å². The van der Waals surface area contributed by atoms with E-state index in [0.29, 0.717) is 29.8 Å². The average molecular weight is 436 g/mol. The van der Waals surface area contributed by atoms with Crippen molar-refractivity contribution in [1.82, 2.24) is 10.3 Å². The molecule has 0 radical (unpaired) electrons. The topological polar surface area (TPSA) is 45.2 Å². The van der Waals surface area contributed by atoms with Crippen LogP contribution < -0.4 is 10.2 Å². The lowest BCUT2D eigenvalue weighted by molar-refractivity contribution is 0.0986. The van der Waals surface area contributed by atoms with E-state index in [0.717, 1.165) is 56.0 Å². The van der Waals surface area contributed by atoms with Crippen molar-refractivity contribution >= 4 is 11.6 Å². The predicted molar refractivity (Wildman–Crippen MR) is 122 cm³/mol. The molecule has 166 valence electrons. The number of pyridine rings is 1. The SMILES string of the molecule is O=C(c1ccncc1)N1CCCCCCCNCc2cc(-c3ccc(F)cc3F)ccc21. The van der Waals surface area contributed by atoms with Gasteiger partial charge < -0.3 is 10.2 Å². The zero-order valence-corrected chi connectivity index (χ0v) is 18.0. The summed E-state index contributed by atoms with van der Waals surface area (Å²) in [5.41, 5.74) is 3.30. The molecule has 0 bridgehead atoms. The van der Waals surface area contributed by atoms with E-state index in [9.17, 15) is 13.6 Å². The molecule has 2 aromatic carbocycles. The van der Waals surface area contributed by atoms with Gasteiger partial charge in [0, 0.05) is 48.4 Å². The summed E-state index contributed by atoms with van der Waals surface area (Å²) in [6.45, 7) is 2.05. The first-order valence-corrected chi connectivity index (χ1v) is 11.1. The number of nitrogens with zero attached hydrogens (tertiary/aromatic N) is 2. The van der Waals surface area contributed by atoms with Crippen molar-refractivity contribution in [1.29, 1.82) is 0 Å². The van der Waals surface area contributed by atoms with Crippen molar-refractivity contribution in [2.75, 3.05) is 18.0 Å². The van der Waals surface area contributed by atoms with Crippen LogP contribution in [0.2, 0.25) is 0 Å². The molecule has 4 nitrogen and oxygen atoms in total. The first-order chi connectivity index (χ1) is 15.6. The molecule has 0 aliphatic carbocycles. The fourth-order valence-electron chi connectivity index (χ4n) is 4.14. The molecule has 0 saturated carbocycles. The summed E-state index contributed by atoms with van der Waals surface area (Å²) in [5, 5.41) is 3.46. The van der Waals surface area contributed by atoms with Crippen molar-refractivity contribution in [3.63, 3.8) is 0 Å². The first-order valence-electron chi connectivity index (χ1n) is 11.1. The number of hydrogen-bond donors (Lipinski definition) is 1. The lowest BCUT2D eigenvalue weighted by Crippen LogP contribution is -2.33. The first kappa shape index (κ1) is 22.1. The molecule has 3 aromatic rings. The van der Waals surface area contributed by atoms with Crippen LogP contribution in [0, 0.1) is 11.6 Å². The second kappa shape index (κ2) is 10.5. The summed E-state index contributed by atoms with van der Waals surface area (Å²) in [5.74, 6) is -1.28. The Labute approximate surface area is 187 Å². The van der Waals surface area contributed by atoms with E-state index >= 15 is 0 Å². The summed E-state index contributed by atoms with van der Waals surface area (Å²) in [7, 11) is 0. The number of nitrogens with one attached hydrogen (secondary N) is 1. The van der Waals surface area contributed by atoms with Gasteiger partial charge in [-0.05, 0) is 66.9 Å². The molecule has 0 unspecified atom stereocenters. The van der Waals surface area contributed by atoms with Gasteiger partial charge in [-0.25, -0.2) is 8.78 Å². The lowest BCUT2D eigenvalue weighted by atomic mass is 9.99. The smallest absolute Gasteiger partial charge is 0.258 e. The standard InChI is InChI=1S/C26H27F2N3O/c27-22-7-8-23(24(28)17-22)20-6-9-25-21(16-20)18-30-12-4-2-1-3-5-15-31(25)26(32)19-10-13-29-14-11-19/h6-11,13-14,16-17,30H,1-5,12,15,18H2. The molecule has 0 atom stereocenters. The molecular weight excluding hydrogens is 408 g/mol. The Morgan fingerprint density at radius 1 is 0.906 bits per heavy atom. The maximum absolute atomic E-state index is 14.4. The van der Waals surface area contributed by atoms with Crippen LogP contribution >= 0.6 is 0 Å². The Hall–Kier alpha value is -3.12. The summed E-state index contributed by atoms with van der Waals surface area (Å²) in [4.78, 5) is 19.2. The number of amides is 1. The fourth-order valence-corrected chi connectivity index (χ4v) is 4.14. The average Bonchev–Trinajstić information content (AvgIpc) is 2.80. The number of rotatable bonds is 2. The van der Waals surface area contributed by atoms with Crippen LogP contribution in [-0.4, -0.2) is 24.0 Å². The number of halogens is 2. The number of benzene rings is 2. The second-order valence-corrected chi connectivity index (χ2v) is 8.10. The molecule has 1 aliphatic heterocycles. The molecule has 0 saturated heterocycles. The molecule has 2 heterocycles. The van der Waals surface area contributed by atoms with E-state index in [4.69, 9.17) is 0 Å². The highest BCUT2D eigenvalue weighted by atomic mass is 19.1. The Kier molecular flexibility index (Phi) is 7.22. The molecule has 6 heteroatoms. The summed E-state index contributed by atoms with van der Waals surface area (Å²) >= 11 is 0. The minimum absolute atomic E-state index is 0.0774. The molecule has 1 aliphatic rings. The van der Waals surface area contributed by atoms with Crippen LogP contribution in [0.25, 0.3) is 11.1 Å². The number of carbonyl (C=O) groups is 1. The maximum Gasteiger partial charge on any atom is 0.258 e. The van der Waals surface area contributed by atoms with Crippen LogP contribution in [0.15, 0.2) is 60.9 Å². The number of anilines is 1. The van der Waals surface area contributed by atoms with Crippen LogP contribution in [0.1, 0.15) is 48.0 Å². The molecular formula is C26H27F2N3O. The van der Waals surface area contributed by atoms with Crippen LogP contribution in [0.3, 0.4) is 0 Å². The lowest BCUT2D eigenvalue weighted by Gasteiger charge is -2.27. The summed E-state index contributed by atoms with van der Waals surface area (Å²) in [6.07, 6.45) is 8.61.